The third-order valence-electron chi connectivity index (χ3n) is 4.93. The van der Waals surface area contributed by atoms with Gasteiger partial charge in [-0.25, -0.2) is 9.97 Å². The fourth-order valence-corrected chi connectivity index (χ4v) is 4.17. The van der Waals surface area contributed by atoms with Gasteiger partial charge in [0.1, 0.15) is 11.6 Å². The van der Waals surface area contributed by atoms with Crippen LogP contribution in [0.3, 0.4) is 0 Å². The van der Waals surface area contributed by atoms with Crippen LogP contribution >= 0.6 is 11.3 Å². The molecule has 2 aromatic heterocycles. The molecule has 146 valence electrons. The highest BCUT2D eigenvalue weighted by molar-refractivity contribution is 7.12. The molecule has 0 saturated heterocycles. The van der Waals surface area contributed by atoms with E-state index in [-0.39, 0.29) is 0 Å². The van der Waals surface area contributed by atoms with Crippen LogP contribution in [-0.4, -0.2) is 21.6 Å². The molecule has 30 heavy (non-hydrogen) atoms. The van der Waals surface area contributed by atoms with Crippen LogP contribution in [0.25, 0.3) is 39.0 Å². The maximum atomic E-state index is 5.34. The Morgan fingerprint density at radius 1 is 0.767 bits per heavy atom. The quantitative estimate of drug-likeness (QED) is 0.340. The van der Waals surface area contributed by atoms with Crippen LogP contribution in [0.4, 0.5) is 0 Å². The Bertz CT molecular complexity index is 1250. The van der Waals surface area contributed by atoms with E-state index in [0.717, 1.165) is 44.8 Å². The minimum absolute atomic E-state index is 0.817. The van der Waals surface area contributed by atoms with Gasteiger partial charge in [0.25, 0.3) is 0 Å². The number of hydrogen-bond donors (Lipinski definition) is 0. The normalized spacial score (nSPS) is 10.8. The molecule has 0 spiro atoms. The van der Waals surface area contributed by atoms with Crippen molar-refractivity contribution in [3.05, 3.63) is 96.5 Å². The van der Waals surface area contributed by atoms with Gasteiger partial charge in [-0.3, -0.25) is 4.57 Å². The minimum atomic E-state index is 0.817. The summed E-state index contributed by atoms with van der Waals surface area (Å²) in [5, 5.41) is 2.87. The van der Waals surface area contributed by atoms with Crippen molar-refractivity contribution in [2.75, 3.05) is 7.11 Å². The van der Waals surface area contributed by atoms with Crippen molar-refractivity contribution < 1.29 is 4.74 Å². The Morgan fingerprint density at radius 3 is 2.03 bits per heavy atom. The van der Waals surface area contributed by atoms with E-state index in [1.165, 1.54) is 0 Å². The zero-order valence-electron chi connectivity index (χ0n) is 16.4. The summed E-state index contributed by atoms with van der Waals surface area (Å²) in [4.78, 5) is 9.74. The van der Waals surface area contributed by atoms with Gasteiger partial charge in [0.2, 0.25) is 0 Å². The van der Waals surface area contributed by atoms with Gasteiger partial charge in [-0.15, -0.1) is 11.3 Å². The van der Waals surface area contributed by atoms with Gasteiger partial charge in [-0.05, 0) is 24.3 Å². The van der Waals surface area contributed by atoms with Crippen molar-refractivity contribution in [2.45, 2.75) is 0 Å². The first-order valence-corrected chi connectivity index (χ1v) is 10.5. The lowest BCUT2D eigenvalue weighted by atomic mass is 10.0. The van der Waals surface area contributed by atoms with E-state index in [2.05, 4.69) is 45.9 Å². The second kappa shape index (κ2) is 7.97. The molecule has 0 unspecified atom stereocenters. The van der Waals surface area contributed by atoms with Gasteiger partial charge in [0, 0.05) is 28.3 Å². The Balaban J connectivity index is 1.84. The molecule has 5 aromatic rings. The Morgan fingerprint density at radius 2 is 1.43 bits per heavy atom. The van der Waals surface area contributed by atoms with E-state index in [1.807, 2.05) is 60.1 Å². The van der Waals surface area contributed by atoms with E-state index in [9.17, 15) is 0 Å². The predicted octanol–water partition coefficient (Wildman–Crippen LogP) is 6.34. The molecule has 0 bridgehead atoms. The zero-order valence-corrected chi connectivity index (χ0v) is 17.2. The molecule has 0 N–H and O–H groups in total. The van der Waals surface area contributed by atoms with Crippen LogP contribution in [0.2, 0.25) is 0 Å². The number of methoxy groups -OCH3 is 1. The molecule has 4 nitrogen and oxygen atoms in total. The zero-order chi connectivity index (χ0) is 20.3. The highest BCUT2D eigenvalue weighted by atomic mass is 32.1. The van der Waals surface area contributed by atoms with Crippen LogP contribution < -0.4 is 4.74 Å². The molecule has 2 heterocycles. The molecule has 3 aromatic carbocycles. The molecule has 0 saturated carbocycles. The number of hydrogen-bond acceptors (Lipinski definition) is 4. The molecule has 0 aliphatic heterocycles. The Labute approximate surface area is 179 Å². The van der Waals surface area contributed by atoms with Crippen molar-refractivity contribution in [1.82, 2.24) is 14.5 Å². The van der Waals surface area contributed by atoms with Crippen molar-refractivity contribution >= 4 is 11.3 Å². The standard InChI is InChI=1S/C25H19N3OS/c1-29-21-14-12-20(13-15-21)24-27-22(18-8-4-2-5-9-18)23(19-10-6-3-7-11-19)28(24)25-26-16-17-30-25/h2-17H,1H3. The van der Waals surface area contributed by atoms with Gasteiger partial charge in [0.15, 0.2) is 5.13 Å². The number of nitrogens with zero attached hydrogens (tertiary/aromatic N) is 3. The number of thiazole rings is 1. The molecule has 0 fully saturated rings. The van der Waals surface area contributed by atoms with Gasteiger partial charge in [-0.2, -0.15) is 0 Å². The van der Waals surface area contributed by atoms with E-state index >= 15 is 0 Å². The largest absolute Gasteiger partial charge is 0.497 e. The highest BCUT2D eigenvalue weighted by Crippen LogP contribution is 2.39. The summed E-state index contributed by atoms with van der Waals surface area (Å²) in [6.07, 6.45) is 1.83. The van der Waals surface area contributed by atoms with Crippen molar-refractivity contribution in [3.8, 4) is 44.8 Å². The summed E-state index contributed by atoms with van der Waals surface area (Å²) in [6.45, 7) is 0. The average Bonchev–Trinajstić information content (AvgIpc) is 3.48. The average molecular weight is 410 g/mol. The van der Waals surface area contributed by atoms with Crippen molar-refractivity contribution in [2.24, 2.45) is 0 Å². The summed E-state index contributed by atoms with van der Waals surface area (Å²) < 4.78 is 7.49. The topological polar surface area (TPSA) is 39.9 Å². The predicted molar refractivity (Wildman–Crippen MR) is 122 cm³/mol. The lowest BCUT2D eigenvalue weighted by molar-refractivity contribution is 0.415. The highest BCUT2D eigenvalue weighted by Gasteiger charge is 2.23. The summed E-state index contributed by atoms with van der Waals surface area (Å²) in [6, 6.07) is 28.7. The smallest absolute Gasteiger partial charge is 0.195 e. The van der Waals surface area contributed by atoms with Gasteiger partial charge >= 0.3 is 0 Å². The number of ether oxygens (including phenoxy) is 1. The molecular weight excluding hydrogens is 390 g/mol. The first kappa shape index (κ1) is 18.3. The first-order chi connectivity index (χ1) is 14.8. The Hall–Kier alpha value is -3.70. The second-order valence-corrected chi connectivity index (χ2v) is 7.62. The van der Waals surface area contributed by atoms with Gasteiger partial charge in [0.05, 0.1) is 18.5 Å². The monoisotopic (exact) mass is 409 g/mol. The van der Waals surface area contributed by atoms with E-state index in [1.54, 1.807) is 18.4 Å². The van der Waals surface area contributed by atoms with Gasteiger partial charge < -0.3 is 4.74 Å². The molecule has 5 rings (SSSR count). The Kier molecular flexibility index (Phi) is 4.87. The van der Waals surface area contributed by atoms with Gasteiger partial charge in [-0.1, -0.05) is 60.7 Å². The minimum Gasteiger partial charge on any atom is -0.497 e. The molecular formula is C25H19N3OS. The van der Waals surface area contributed by atoms with E-state index in [4.69, 9.17) is 9.72 Å². The van der Waals surface area contributed by atoms with E-state index in [0.29, 0.717) is 0 Å². The molecule has 0 aliphatic carbocycles. The van der Waals surface area contributed by atoms with Crippen molar-refractivity contribution in [1.29, 1.82) is 0 Å². The van der Waals surface area contributed by atoms with Crippen LogP contribution in [0.5, 0.6) is 5.75 Å². The SMILES string of the molecule is COc1ccc(-c2nc(-c3ccccc3)c(-c3ccccc3)n2-c2nccs2)cc1. The molecule has 0 amide bonds. The van der Waals surface area contributed by atoms with Crippen LogP contribution in [0, 0.1) is 0 Å². The number of benzene rings is 3. The molecule has 0 radical (unpaired) electrons. The maximum absolute atomic E-state index is 5.34. The summed E-state index contributed by atoms with van der Waals surface area (Å²) in [5.74, 6) is 1.67. The summed E-state index contributed by atoms with van der Waals surface area (Å²) >= 11 is 1.60. The lowest BCUT2D eigenvalue weighted by Gasteiger charge is -2.11. The second-order valence-electron chi connectivity index (χ2n) is 6.74. The maximum Gasteiger partial charge on any atom is 0.195 e. The first-order valence-electron chi connectivity index (χ1n) is 9.63. The third kappa shape index (κ3) is 3.29. The summed E-state index contributed by atoms with van der Waals surface area (Å²) in [7, 11) is 1.67. The fourth-order valence-electron chi connectivity index (χ4n) is 3.53. The number of rotatable bonds is 5. The molecule has 0 atom stereocenters. The number of aromatic nitrogens is 3. The molecule has 0 aliphatic rings. The van der Waals surface area contributed by atoms with Crippen molar-refractivity contribution in [3.63, 3.8) is 0 Å². The van der Waals surface area contributed by atoms with Crippen LogP contribution in [-0.2, 0) is 0 Å². The van der Waals surface area contributed by atoms with Crippen LogP contribution in [0.1, 0.15) is 0 Å². The fraction of sp³-hybridized carbons (Fsp3) is 0.0400. The van der Waals surface area contributed by atoms with E-state index < -0.39 is 0 Å². The van der Waals surface area contributed by atoms with Crippen LogP contribution in [0.15, 0.2) is 96.5 Å². The third-order valence-corrected chi connectivity index (χ3v) is 5.69. The molecule has 5 heteroatoms. The summed E-state index contributed by atoms with van der Waals surface area (Å²) in [5.41, 5.74) is 5.14. The number of imidazole rings is 1. The lowest BCUT2D eigenvalue weighted by Crippen LogP contribution is -1.99.